The third-order valence-corrected chi connectivity index (χ3v) is 2.50. The van der Waals surface area contributed by atoms with E-state index in [9.17, 15) is 14.7 Å². The van der Waals surface area contributed by atoms with Crippen LogP contribution in [0.2, 0.25) is 0 Å². The molecule has 0 aromatic heterocycles. The molecule has 2 amide bonds. The van der Waals surface area contributed by atoms with E-state index >= 15 is 0 Å². The minimum Gasteiger partial charge on any atom is -0.465 e. The molecule has 6 heteroatoms. The highest BCUT2D eigenvalue weighted by atomic mass is 16.7. The van der Waals surface area contributed by atoms with E-state index in [0.717, 1.165) is 9.96 Å². The third-order valence-electron chi connectivity index (χ3n) is 2.50. The van der Waals surface area contributed by atoms with Gasteiger partial charge in [-0.15, -0.1) is 0 Å². The molecule has 0 unspecified atom stereocenters. The SMILES string of the molecule is CC[C@@H](C(=O)N(C)OC)N(C(=O)O)C(C)(C)C. The zero-order valence-electron chi connectivity index (χ0n) is 11.4. The molecular formula is C11H22N2O4. The van der Waals surface area contributed by atoms with Crippen LogP contribution in [0.15, 0.2) is 0 Å². The largest absolute Gasteiger partial charge is 0.465 e. The first-order chi connectivity index (χ1) is 7.66. The fraction of sp³-hybridized carbons (Fsp3) is 0.818. The number of hydrogen-bond acceptors (Lipinski definition) is 3. The number of likely N-dealkylation sites (N-methyl/N-ethyl adjacent to an activating group) is 1. The van der Waals surface area contributed by atoms with Gasteiger partial charge in [0.05, 0.1) is 7.11 Å². The quantitative estimate of drug-likeness (QED) is 0.764. The molecule has 0 aromatic carbocycles. The predicted molar refractivity (Wildman–Crippen MR) is 63.5 cm³/mol. The molecule has 0 saturated carbocycles. The molecule has 0 spiro atoms. The number of carbonyl (C=O) groups is 2. The van der Waals surface area contributed by atoms with Gasteiger partial charge in [0, 0.05) is 12.6 Å². The van der Waals surface area contributed by atoms with E-state index in [1.54, 1.807) is 27.7 Å². The fourth-order valence-corrected chi connectivity index (χ4v) is 1.66. The Labute approximate surface area is 102 Å². The maximum atomic E-state index is 12.0. The minimum atomic E-state index is -1.11. The van der Waals surface area contributed by atoms with E-state index in [2.05, 4.69) is 0 Å². The molecule has 17 heavy (non-hydrogen) atoms. The summed E-state index contributed by atoms with van der Waals surface area (Å²) >= 11 is 0. The zero-order chi connectivity index (χ0) is 13.8. The summed E-state index contributed by atoms with van der Waals surface area (Å²) in [6, 6.07) is -0.738. The van der Waals surface area contributed by atoms with Gasteiger partial charge >= 0.3 is 6.09 Å². The Morgan fingerprint density at radius 2 is 1.82 bits per heavy atom. The normalized spacial score (nSPS) is 13.1. The van der Waals surface area contributed by atoms with Crippen LogP contribution in [0.25, 0.3) is 0 Å². The van der Waals surface area contributed by atoms with Gasteiger partial charge in [-0.05, 0) is 27.2 Å². The van der Waals surface area contributed by atoms with E-state index in [4.69, 9.17) is 4.84 Å². The second kappa shape index (κ2) is 5.86. The van der Waals surface area contributed by atoms with Gasteiger partial charge in [-0.1, -0.05) is 6.92 Å². The number of hydroxylamine groups is 2. The lowest BCUT2D eigenvalue weighted by Gasteiger charge is -2.39. The van der Waals surface area contributed by atoms with Gasteiger partial charge < -0.3 is 5.11 Å². The van der Waals surface area contributed by atoms with Crippen molar-refractivity contribution in [2.24, 2.45) is 0 Å². The highest BCUT2D eigenvalue weighted by molar-refractivity contribution is 5.84. The number of carboxylic acid groups (broad SMARTS) is 1. The number of amides is 2. The van der Waals surface area contributed by atoms with Crippen molar-refractivity contribution in [1.82, 2.24) is 9.96 Å². The summed E-state index contributed by atoms with van der Waals surface area (Å²) in [6.07, 6.45) is -0.710. The van der Waals surface area contributed by atoms with E-state index in [1.165, 1.54) is 14.2 Å². The molecule has 0 aliphatic heterocycles. The van der Waals surface area contributed by atoms with Crippen LogP contribution in [0.4, 0.5) is 4.79 Å². The highest BCUT2D eigenvalue weighted by Gasteiger charge is 2.37. The molecule has 1 N–H and O–H groups in total. The Hall–Kier alpha value is -1.30. The molecule has 0 radical (unpaired) electrons. The van der Waals surface area contributed by atoms with Gasteiger partial charge in [-0.3, -0.25) is 14.5 Å². The first kappa shape index (κ1) is 15.7. The minimum absolute atomic E-state index is 0.368. The van der Waals surface area contributed by atoms with E-state index in [0.29, 0.717) is 6.42 Å². The van der Waals surface area contributed by atoms with Gasteiger partial charge in [0.15, 0.2) is 0 Å². The number of nitrogens with zero attached hydrogens (tertiary/aromatic N) is 2. The smallest absolute Gasteiger partial charge is 0.408 e. The summed E-state index contributed by atoms with van der Waals surface area (Å²) in [5, 5.41) is 10.3. The van der Waals surface area contributed by atoms with Gasteiger partial charge in [-0.25, -0.2) is 9.86 Å². The van der Waals surface area contributed by atoms with Crippen LogP contribution >= 0.6 is 0 Å². The van der Waals surface area contributed by atoms with Crippen LogP contribution in [0.5, 0.6) is 0 Å². The second-order valence-electron chi connectivity index (χ2n) is 4.77. The highest BCUT2D eigenvalue weighted by Crippen LogP contribution is 2.20. The monoisotopic (exact) mass is 246 g/mol. The number of hydrogen-bond donors (Lipinski definition) is 1. The number of carbonyl (C=O) groups excluding carboxylic acids is 1. The first-order valence-corrected chi connectivity index (χ1v) is 5.50. The average molecular weight is 246 g/mol. The van der Waals surface area contributed by atoms with Crippen molar-refractivity contribution in [3.05, 3.63) is 0 Å². The Kier molecular flexibility index (Phi) is 5.41. The third kappa shape index (κ3) is 3.89. The van der Waals surface area contributed by atoms with Crippen molar-refractivity contribution in [3.8, 4) is 0 Å². The first-order valence-electron chi connectivity index (χ1n) is 5.50. The lowest BCUT2D eigenvalue weighted by Crippen LogP contribution is -2.56. The van der Waals surface area contributed by atoms with Crippen molar-refractivity contribution >= 4 is 12.0 Å². The van der Waals surface area contributed by atoms with Crippen molar-refractivity contribution in [2.75, 3.05) is 14.2 Å². The second-order valence-corrected chi connectivity index (χ2v) is 4.77. The molecule has 0 heterocycles. The van der Waals surface area contributed by atoms with E-state index in [-0.39, 0.29) is 5.91 Å². The molecular weight excluding hydrogens is 224 g/mol. The maximum Gasteiger partial charge on any atom is 0.408 e. The topological polar surface area (TPSA) is 70.1 Å². The summed E-state index contributed by atoms with van der Waals surface area (Å²) < 4.78 is 0. The van der Waals surface area contributed by atoms with Crippen molar-refractivity contribution in [2.45, 2.75) is 45.7 Å². The zero-order valence-corrected chi connectivity index (χ0v) is 11.4. The van der Waals surface area contributed by atoms with E-state index in [1.807, 2.05) is 0 Å². The van der Waals surface area contributed by atoms with Crippen LogP contribution in [-0.4, -0.2) is 52.8 Å². The fourth-order valence-electron chi connectivity index (χ4n) is 1.66. The molecule has 0 aromatic rings. The Balaban J connectivity index is 5.19. The summed E-state index contributed by atoms with van der Waals surface area (Å²) in [7, 11) is 2.83. The molecule has 0 saturated heterocycles. The van der Waals surface area contributed by atoms with Crippen molar-refractivity contribution < 1.29 is 19.5 Å². The molecule has 0 bridgehead atoms. The van der Waals surface area contributed by atoms with Gasteiger partial charge in [0.2, 0.25) is 0 Å². The molecule has 0 aliphatic carbocycles. The van der Waals surface area contributed by atoms with Crippen molar-refractivity contribution in [1.29, 1.82) is 0 Å². The van der Waals surface area contributed by atoms with Crippen LogP contribution in [0.1, 0.15) is 34.1 Å². The van der Waals surface area contributed by atoms with Gasteiger partial charge in [0.25, 0.3) is 5.91 Å². The Bertz CT molecular complexity index is 286. The molecule has 0 rings (SSSR count). The molecule has 6 nitrogen and oxygen atoms in total. The van der Waals surface area contributed by atoms with Gasteiger partial charge in [0.1, 0.15) is 6.04 Å². The molecule has 0 aliphatic rings. The Morgan fingerprint density at radius 1 is 1.35 bits per heavy atom. The lowest BCUT2D eigenvalue weighted by atomic mass is 10.0. The summed E-state index contributed by atoms with van der Waals surface area (Å²) in [5.74, 6) is -0.368. The van der Waals surface area contributed by atoms with Crippen molar-refractivity contribution in [3.63, 3.8) is 0 Å². The molecule has 0 fully saturated rings. The Morgan fingerprint density at radius 3 is 2.06 bits per heavy atom. The maximum absolute atomic E-state index is 12.0. The molecule has 1 atom stereocenters. The van der Waals surface area contributed by atoms with E-state index < -0.39 is 17.7 Å². The van der Waals surface area contributed by atoms with Gasteiger partial charge in [-0.2, -0.15) is 0 Å². The van der Waals surface area contributed by atoms with Crippen LogP contribution in [0.3, 0.4) is 0 Å². The predicted octanol–water partition coefficient (Wildman–Crippen LogP) is 1.56. The standard InChI is InChI=1S/C11H22N2O4/c1-7-8(9(14)12(5)17-6)13(10(15)16)11(2,3)4/h8H,7H2,1-6H3,(H,15,16)/t8-/m0/s1. The summed E-state index contributed by atoms with van der Waals surface area (Å²) in [4.78, 5) is 29.2. The van der Waals surface area contributed by atoms with Crippen LogP contribution in [0, 0.1) is 0 Å². The number of rotatable bonds is 4. The summed E-state index contributed by atoms with van der Waals surface area (Å²) in [6.45, 7) is 7.03. The van der Waals surface area contributed by atoms with Crippen LogP contribution < -0.4 is 0 Å². The molecule has 100 valence electrons. The van der Waals surface area contributed by atoms with Crippen LogP contribution in [-0.2, 0) is 9.63 Å². The lowest BCUT2D eigenvalue weighted by molar-refractivity contribution is -0.175. The average Bonchev–Trinajstić information content (AvgIpc) is 2.20. The summed E-state index contributed by atoms with van der Waals surface area (Å²) in [5.41, 5.74) is -0.642.